The number of aromatic nitrogens is 4. The molecule has 0 saturated heterocycles. The maximum Gasteiger partial charge on any atom is 0.280 e. The van der Waals surface area contributed by atoms with Crippen molar-refractivity contribution in [3.63, 3.8) is 0 Å². The predicted molar refractivity (Wildman–Crippen MR) is 86.4 cm³/mol. The van der Waals surface area contributed by atoms with Crippen molar-refractivity contribution in [2.75, 3.05) is 24.0 Å². The monoisotopic (exact) mass is 332 g/mol. The Morgan fingerprint density at radius 1 is 1.48 bits per heavy atom. The van der Waals surface area contributed by atoms with E-state index in [0.717, 1.165) is 4.79 Å². The molecular weight excluding hydrogens is 320 g/mol. The van der Waals surface area contributed by atoms with Gasteiger partial charge in [0.25, 0.3) is 5.91 Å². The SMILES string of the molecule is CON=C(C(=O)Nc1cccc2nnn(N)c12)c1csc(N)n1. The number of hydrogen-bond acceptors (Lipinski definition) is 9. The molecule has 0 fully saturated rings. The fraction of sp³-hybridized carbons (Fsp3) is 0.0833. The largest absolute Gasteiger partial charge is 0.398 e. The third-order valence-electron chi connectivity index (χ3n) is 2.90. The zero-order valence-corrected chi connectivity index (χ0v) is 12.7. The van der Waals surface area contributed by atoms with Crippen LogP contribution in [0.25, 0.3) is 11.0 Å². The zero-order chi connectivity index (χ0) is 16.4. The van der Waals surface area contributed by atoms with Gasteiger partial charge in [-0.15, -0.1) is 16.4 Å². The molecule has 3 aromatic rings. The van der Waals surface area contributed by atoms with Crippen LogP contribution in [-0.2, 0) is 9.63 Å². The Labute approximate surface area is 133 Å². The van der Waals surface area contributed by atoms with E-state index in [4.69, 9.17) is 16.4 Å². The van der Waals surface area contributed by atoms with Crippen molar-refractivity contribution in [3.8, 4) is 0 Å². The van der Waals surface area contributed by atoms with Crippen molar-refractivity contribution < 1.29 is 9.63 Å². The number of nitrogens with one attached hydrogen (secondary N) is 1. The zero-order valence-electron chi connectivity index (χ0n) is 11.9. The molecule has 0 saturated carbocycles. The van der Waals surface area contributed by atoms with E-state index >= 15 is 0 Å². The quantitative estimate of drug-likeness (QED) is 0.350. The molecule has 3 rings (SSSR count). The lowest BCUT2D eigenvalue weighted by atomic mass is 10.2. The highest BCUT2D eigenvalue weighted by Gasteiger charge is 2.20. The van der Waals surface area contributed by atoms with Crippen molar-refractivity contribution in [1.82, 2.24) is 20.1 Å². The van der Waals surface area contributed by atoms with Crippen molar-refractivity contribution in [3.05, 3.63) is 29.3 Å². The molecule has 0 aliphatic heterocycles. The van der Waals surface area contributed by atoms with Crippen LogP contribution in [0, 0.1) is 0 Å². The summed E-state index contributed by atoms with van der Waals surface area (Å²) in [6, 6.07) is 5.13. The molecule has 1 amide bonds. The Balaban J connectivity index is 1.95. The smallest absolute Gasteiger partial charge is 0.280 e. The first-order valence-electron chi connectivity index (χ1n) is 6.33. The predicted octanol–water partition coefficient (Wildman–Crippen LogP) is 0.173. The van der Waals surface area contributed by atoms with Gasteiger partial charge in [0.05, 0.1) is 5.69 Å². The molecule has 0 atom stereocenters. The molecule has 0 aliphatic carbocycles. The number of amides is 1. The summed E-state index contributed by atoms with van der Waals surface area (Å²) in [6.07, 6.45) is 0. The number of rotatable bonds is 4. The van der Waals surface area contributed by atoms with E-state index in [1.165, 1.54) is 18.4 Å². The minimum Gasteiger partial charge on any atom is -0.398 e. The summed E-state index contributed by atoms with van der Waals surface area (Å²) in [7, 11) is 1.34. The van der Waals surface area contributed by atoms with Gasteiger partial charge in [0, 0.05) is 5.38 Å². The summed E-state index contributed by atoms with van der Waals surface area (Å²) >= 11 is 1.19. The number of nitrogen functional groups attached to an aromatic ring is 2. The van der Waals surface area contributed by atoms with Crippen LogP contribution in [0.3, 0.4) is 0 Å². The number of carbonyl (C=O) groups excluding carboxylic acids is 1. The molecule has 23 heavy (non-hydrogen) atoms. The van der Waals surface area contributed by atoms with Crippen LogP contribution in [0.2, 0.25) is 0 Å². The number of hydrogen-bond donors (Lipinski definition) is 3. The van der Waals surface area contributed by atoms with E-state index in [9.17, 15) is 4.79 Å². The lowest BCUT2D eigenvalue weighted by Crippen LogP contribution is -2.25. The summed E-state index contributed by atoms with van der Waals surface area (Å²) in [5.74, 6) is 5.19. The molecule has 118 valence electrons. The minimum absolute atomic E-state index is 0.00602. The van der Waals surface area contributed by atoms with Gasteiger partial charge in [-0.25, -0.2) is 4.98 Å². The van der Waals surface area contributed by atoms with Gasteiger partial charge in [-0.2, -0.15) is 4.79 Å². The highest BCUT2D eigenvalue weighted by Crippen LogP contribution is 2.21. The van der Waals surface area contributed by atoms with Crippen LogP contribution in [0.5, 0.6) is 0 Å². The molecule has 5 N–H and O–H groups in total. The third kappa shape index (κ3) is 2.76. The fourth-order valence-corrected chi connectivity index (χ4v) is 2.52. The van der Waals surface area contributed by atoms with Gasteiger partial charge in [-0.1, -0.05) is 11.2 Å². The van der Waals surface area contributed by atoms with Gasteiger partial charge in [0.1, 0.15) is 23.8 Å². The second-order valence-electron chi connectivity index (χ2n) is 4.35. The average Bonchev–Trinajstić information content (AvgIpc) is 3.12. The summed E-state index contributed by atoms with van der Waals surface area (Å²) in [4.78, 5) is 22.3. The summed E-state index contributed by atoms with van der Waals surface area (Å²) in [5.41, 5.74) is 7.37. The summed E-state index contributed by atoms with van der Waals surface area (Å²) in [6.45, 7) is 0. The Hall–Kier alpha value is -3.21. The highest BCUT2D eigenvalue weighted by atomic mass is 32.1. The molecule has 0 radical (unpaired) electrons. The Morgan fingerprint density at radius 3 is 3.00 bits per heavy atom. The van der Waals surface area contributed by atoms with Crippen LogP contribution >= 0.6 is 11.3 Å². The highest BCUT2D eigenvalue weighted by molar-refractivity contribution is 7.13. The number of para-hydroxylation sites is 1. The lowest BCUT2D eigenvalue weighted by molar-refractivity contribution is -0.110. The Bertz CT molecular complexity index is 899. The normalized spacial score (nSPS) is 11.6. The number of nitrogens with two attached hydrogens (primary N) is 2. The van der Waals surface area contributed by atoms with E-state index < -0.39 is 5.91 Å². The lowest BCUT2D eigenvalue weighted by Gasteiger charge is -2.07. The van der Waals surface area contributed by atoms with Gasteiger partial charge in [0.15, 0.2) is 10.8 Å². The molecule has 0 bridgehead atoms. The first-order chi connectivity index (χ1) is 11.1. The van der Waals surface area contributed by atoms with Crippen molar-refractivity contribution in [2.24, 2.45) is 5.16 Å². The molecule has 1 aromatic carbocycles. The molecule has 0 spiro atoms. The number of nitrogens with zero attached hydrogens (tertiary/aromatic N) is 5. The molecular formula is C12H12N8O2S. The van der Waals surface area contributed by atoms with Crippen molar-refractivity contribution in [1.29, 1.82) is 0 Å². The second-order valence-corrected chi connectivity index (χ2v) is 5.24. The molecule has 2 heterocycles. The van der Waals surface area contributed by atoms with Gasteiger partial charge < -0.3 is 21.7 Å². The van der Waals surface area contributed by atoms with Gasteiger partial charge in [-0.05, 0) is 17.3 Å². The number of oxime groups is 1. The standard InChI is InChI=1S/C12H12N8O2S/c1-22-18-9(8-5-23-12(13)16-8)11(21)15-6-3-2-4-7-10(6)20(14)19-17-7/h2-5H,14H2,1H3,(H2,13,16)(H,15,21). The maximum absolute atomic E-state index is 12.5. The first kappa shape index (κ1) is 14.7. The minimum atomic E-state index is -0.522. The fourth-order valence-electron chi connectivity index (χ4n) is 1.97. The van der Waals surface area contributed by atoms with Crippen LogP contribution < -0.4 is 16.9 Å². The summed E-state index contributed by atoms with van der Waals surface area (Å²) < 4.78 is 0. The average molecular weight is 332 g/mol. The molecule has 2 aromatic heterocycles. The topological polar surface area (TPSA) is 146 Å². The van der Waals surface area contributed by atoms with E-state index in [-0.39, 0.29) is 5.71 Å². The maximum atomic E-state index is 12.5. The molecule has 10 nitrogen and oxygen atoms in total. The van der Waals surface area contributed by atoms with E-state index in [1.54, 1.807) is 23.6 Å². The van der Waals surface area contributed by atoms with E-state index in [0.29, 0.717) is 27.5 Å². The summed E-state index contributed by atoms with van der Waals surface area (Å²) in [5, 5.41) is 16.0. The van der Waals surface area contributed by atoms with Crippen molar-refractivity contribution in [2.45, 2.75) is 0 Å². The van der Waals surface area contributed by atoms with Crippen LogP contribution in [0.1, 0.15) is 5.69 Å². The molecule has 0 aliphatic rings. The number of carbonyl (C=O) groups is 1. The van der Waals surface area contributed by atoms with E-state index in [1.807, 2.05) is 0 Å². The van der Waals surface area contributed by atoms with Crippen LogP contribution in [0.4, 0.5) is 10.8 Å². The van der Waals surface area contributed by atoms with Gasteiger partial charge in [0.2, 0.25) is 0 Å². The Kier molecular flexibility index (Phi) is 3.76. The first-order valence-corrected chi connectivity index (χ1v) is 7.21. The third-order valence-corrected chi connectivity index (χ3v) is 3.58. The van der Waals surface area contributed by atoms with Crippen LogP contribution in [-0.4, -0.2) is 38.8 Å². The number of anilines is 2. The van der Waals surface area contributed by atoms with Crippen molar-refractivity contribution >= 4 is 44.8 Å². The van der Waals surface area contributed by atoms with E-state index in [2.05, 4.69) is 25.8 Å². The van der Waals surface area contributed by atoms with Crippen LogP contribution in [0.15, 0.2) is 28.7 Å². The van der Waals surface area contributed by atoms with Gasteiger partial charge in [-0.3, -0.25) is 4.79 Å². The molecule has 0 unspecified atom stereocenters. The molecule has 11 heteroatoms. The van der Waals surface area contributed by atoms with Gasteiger partial charge >= 0.3 is 0 Å². The number of benzene rings is 1. The Morgan fingerprint density at radius 2 is 2.30 bits per heavy atom. The number of thiazole rings is 1. The number of fused-ring (bicyclic) bond motifs is 1. The second kappa shape index (κ2) is 5.88.